The van der Waals surface area contributed by atoms with Crippen molar-refractivity contribution in [3.63, 3.8) is 0 Å². The van der Waals surface area contributed by atoms with E-state index in [0.717, 1.165) is 16.5 Å². The number of nitrogens with two attached hydrogens (primary N) is 1. The molecule has 0 radical (unpaired) electrons. The highest BCUT2D eigenvalue weighted by Crippen LogP contribution is 2.17. The maximum atomic E-state index is 11.3. The lowest BCUT2D eigenvalue weighted by Gasteiger charge is -2.10. The molecule has 2 rings (SSSR count). The zero-order chi connectivity index (χ0) is 12.3. The van der Waals surface area contributed by atoms with E-state index in [2.05, 4.69) is 9.72 Å². The maximum absolute atomic E-state index is 11.3. The van der Waals surface area contributed by atoms with Crippen LogP contribution < -0.4 is 5.73 Å². The fraction of sp³-hybridized carbons (Fsp3) is 0.231. The zero-order valence-corrected chi connectivity index (χ0v) is 9.59. The van der Waals surface area contributed by atoms with Gasteiger partial charge in [-0.25, -0.2) is 0 Å². The number of hydrogen-bond acceptors (Lipinski definition) is 4. The first-order chi connectivity index (χ1) is 8.22. The Labute approximate surface area is 99.4 Å². The molecule has 0 bridgehead atoms. The Morgan fingerprint density at radius 1 is 1.41 bits per heavy atom. The predicted molar refractivity (Wildman–Crippen MR) is 65.4 cm³/mol. The van der Waals surface area contributed by atoms with Crippen molar-refractivity contribution in [3.05, 3.63) is 42.1 Å². The fourth-order valence-electron chi connectivity index (χ4n) is 1.80. The molecule has 17 heavy (non-hydrogen) atoms. The first-order valence-corrected chi connectivity index (χ1v) is 5.38. The number of rotatable bonds is 3. The number of fused-ring (bicyclic) bond motifs is 1. The van der Waals surface area contributed by atoms with Crippen LogP contribution in [0.25, 0.3) is 10.9 Å². The first kappa shape index (κ1) is 11.5. The second-order valence-electron chi connectivity index (χ2n) is 3.83. The van der Waals surface area contributed by atoms with E-state index < -0.39 is 12.0 Å². The third-order valence-electron chi connectivity index (χ3n) is 2.66. The van der Waals surface area contributed by atoms with Gasteiger partial charge in [-0.1, -0.05) is 24.3 Å². The standard InChI is InChI=1S/C13H14N2O2/c1-17-13(16)11(14)8-10-5-2-4-9-6-3-7-15-12(9)10/h2-7,11H,8,14H2,1H3/t11-/m0/s1. The third kappa shape index (κ3) is 2.42. The average Bonchev–Trinajstić information content (AvgIpc) is 2.38. The summed E-state index contributed by atoms with van der Waals surface area (Å²) in [6, 6.07) is 9.06. The smallest absolute Gasteiger partial charge is 0.322 e. The monoisotopic (exact) mass is 230 g/mol. The summed E-state index contributed by atoms with van der Waals surface area (Å²) >= 11 is 0. The SMILES string of the molecule is COC(=O)[C@@H](N)Cc1cccc2cccnc12. The molecule has 0 saturated carbocycles. The lowest BCUT2D eigenvalue weighted by molar-refractivity contribution is -0.142. The number of hydrogen-bond donors (Lipinski definition) is 1. The molecule has 0 aliphatic carbocycles. The van der Waals surface area contributed by atoms with Crippen LogP contribution in [0.15, 0.2) is 36.5 Å². The molecule has 0 aliphatic heterocycles. The van der Waals surface area contributed by atoms with Gasteiger partial charge in [0.2, 0.25) is 0 Å². The Morgan fingerprint density at radius 2 is 2.18 bits per heavy atom. The minimum atomic E-state index is -0.646. The quantitative estimate of drug-likeness (QED) is 0.807. The minimum Gasteiger partial charge on any atom is -0.468 e. The molecule has 2 N–H and O–H groups in total. The largest absolute Gasteiger partial charge is 0.468 e. The van der Waals surface area contributed by atoms with Gasteiger partial charge in [0.25, 0.3) is 0 Å². The van der Waals surface area contributed by atoms with Crippen molar-refractivity contribution in [2.45, 2.75) is 12.5 Å². The second-order valence-corrected chi connectivity index (χ2v) is 3.83. The van der Waals surface area contributed by atoms with Crippen LogP contribution in [0, 0.1) is 0 Å². The molecule has 1 aromatic carbocycles. The summed E-state index contributed by atoms with van der Waals surface area (Å²) in [5.74, 6) is -0.405. The van der Waals surface area contributed by atoms with E-state index in [1.165, 1.54) is 7.11 Å². The Kier molecular flexibility index (Phi) is 3.35. The molecule has 1 heterocycles. The summed E-state index contributed by atoms with van der Waals surface area (Å²) in [6.07, 6.45) is 2.16. The molecule has 0 amide bonds. The van der Waals surface area contributed by atoms with Crippen molar-refractivity contribution in [1.29, 1.82) is 0 Å². The van der Waals surface area contributed by atoms with Gasteiger partial charge >= 0.3 is 5.97 Å². The number of ether oxygens (including phenoxy) is 1. The normalized spacial score (nSPS) is 12.4. The second kappa shape index (κ2) is 4.93. The molecule has 0 aliphatic rings. The predicted octanol–water partition coefficient (Wildman–Crippen LogP) is 1.28. The molecule has 4 nitrogen and oxygen atoms in total. The van der Waals surface area contributed by atoms with E-state index in [1.54, 1.807) is 6.20 Å². The van der Waals surface area contributed by atoms with Crippen molar-refractivity contribution < 1.29 is 9.53 Å². The van der Waals surface area contributed by atoms with Crippen LogP contribution in [0.1, 0.15) is 5.56 Å². The molecule has 2 aromatic rings. The number of methoxy groups -OCH3 is 1. The molecule has 0 unspecified atom stereocenters. The molecular weight excluding hydrogens is 216 g/mol. The number of carbonyl (C=O) groups excluding carboxylic acids is 1. The van der Waals surface area contributed by atoms with Crippen molar-refractivity contribution in [1.82, 2.24) is 4.98 Å². The number of para-hydroxylation sites is 1. The Balaban J connectivity index is 2.33. The van der Waals surface area contributed by atoms with E-state index in [9.17, 15) is 4.79 Å². The van der Waals surface area contributed by atoms with E-state index in [0.29, 0.717) is 6.42 Å². The van der Waals surface area contributed by atoms with Crippen LogP contribution in [-0.4, -0.2) is 24.1 Å². The summed E-state index contributed by atoms with van der Waals surface area (Å²) in [6.45, 7) is 0. The van der Waals surface area contributed by atoms with Gasteiger partial charge in [0.1, 0.15) is 6.04 Å². The molecule has 0 saturated heterocycles. The number of pyridine rings is 1. The number of carbonyl (C=O) groups is 1. The van der Waals surface area contributed by atoms with Crippen molar-refractivity contribution in [2.75, 3.05) is 7.11 Å². The molecule has 88 valence electrons. The van der Waals surface area contributed by atoms with E-state index in [4.69, 9.17) is 5.73 Å². The average molecular weight is 230 g/mol. The van der Waals surface area contributed by atoms with E-state index in [-0.39, 0.29) is 0 Å². The molecule has 1 atom stereocenters. The molecule has 0 fully saturated rings. The Hall–Kier alpha value is -1.94. The highest BCUT2D eigenvalue weighted by molar-refractivity contribution is 5.83. The van der Waals surface area contributed by atoms with Gasteiger partial charge in [0, 0.05) is 18.0 Å². The molecule has 1 aromatic heterocycles. The van der Waals surface area contributed by atoms with Crippen LogP contribution in [0.4, 0.5) is 0 Å². The number of esters is 1. The minimum absolute atomic E-state index is 0.405. The lowest BCUT2D eigenvalue weighted by Crippen LogP contribution is -2.33. The number of nitrogens with zero attached hydrogens (tertiary/aromatic N) is 1. The Bertz CT molecular complexity index is 534. The topological polar surface area (TPSA) is 65.2 Å². The van der Waals surface area contributed by atoms with E-state index in [1.807, 2.05) is 30.3 Å². The number of aromatic nitrogens is 1. The summed E-state index contributed by atoms with van der Waals surface area (Å²) < 4.78 is 4.61. The highest BCUT2D eigenvalue weighted by atomic mass is 16.5. The highest BCUT2D eigenvalue weighted by Gasteiger charge is 2.15. The van der Waals surface area contributed by atoms with Crippen LogP contribution >= 0.6 is 0 Å². The van der Waals surface area contributed by atoms with Gasteiger partial charge in [-0.15, -0.1) is 0 Å². The van der Waals surface area contributed by atoms with Crippen molar-refractivity contribution >= 4 is 16.9 Å². The summed E-state index contributed by atoms with van der Waals surface area (Å²) in [5.41, 5.74) is 7.59. The summed E-state index contributed by atoms with van der Waals surface area (Å²) in [7, 11) is 1.34. The number of benzene rings is 1. The van der Waals surface area contributed by atoms with Gasteiger partial charge in [-0.2, -0.15) is 0 Å². The fourth-order valence-corrected chi connectivity index (χ4v) is 1.80. The van der Waals surface area contributed by atoms with Crippen LogP contribution in [0.5, 0.6) is 0 Å². The van der Waals surface area contributed by atoms with Gasteiger partial charge in [-0.05, 0) is 11.6 Å². The van der Waals surface area contributed by atoms with Crippen LogP contribution in [0.3, 0.4) is 0 Å². The first-order valence-electron chi connectivity index (χ1n) is 5.38. The Morgan fingerprint density at radius 3 is 2.94 bits per heavy atom. The van der Waals surface area contributed by atoms with Gasteiger partial charge in [0.05, 0.1) is 12.6 Å². The lowest BCUT2D eigenvalue weighted by atomic mass is 10.0. The summed E-state index contributed by atoms with van der Waals surface area (Å²) in [5, 5.41) is 1.04. The van der Waals surface area contributed by atoms with Crippen molar-refractivity contribution in [2.24, 2.45) is 5.73 Å². The van der Waals surface area contributed by atoms with Gasteiger partial charge in [-0.3, -0.25) is 9.78 Å². The molecular formula is C13H14N2O2. The van der Waals surface area contributed by atoms with Crippen LogP contribution in [0.2, 0.25) is 0 Å². The maximum Gasteiger partial charge on any atom is 0.322 e. The van der Waals surface area contributed by atoms with Crippen molar-refractivity contribution in [3.8, 4) is 0 Å². The zero-order valence-electron chi connectivity index (χ0n) is 9.59. The summed E-state index contributed by atoms with van der Waals surface area (Å²) in [4.78, 5) is 15.6. The molecule has 4 heteroatoms. The third-order valence-corrected chi connectivity index (χ3v) is 2.66. The molecule has 0 spiro atoms. The van der Waals surface area contributed by atoms with Crippen LogP contribution in [-0.2, 0) is 16.0 Å². The van der Waals surface area contributed by atoms with E-state index >= 15 is 0 Å². The van der Waals surface area contributed by atoms with Gasteiger partial charge in [0.15, 0.2) is 0 Å². The van der Waals surface area contributed by atoms with Gasteiger partial charge < -0.3 is 10.5 Å².